The van der Waals surface area contributed by atoms with Crippen LogP contribution >= 0.6 is 0 Å². The third-order valence-corrected chi connectivity index (χ3v) is 6.02. The molecule has 0 unspecified atom stereocenters. The Morgan fingerprint density at radius 3 is 2.59 bits per heavy atom. The first-order chi connectivity index (χ1) is 13.9. The summed E-state index contributed by atoms with van der Waals surface area (Å²) in [7, 11) is 0. The van der Waals surface area contributed by atoms with Gasteiger partial charge in [0.15, 0.2) is 0 Å². The van der Waals surface area contributed by atoms with Gasteiger partial charge in [-0.25, -0.2) is 0 Å². The van der Waals surface area contributed by atoms with Crippen molar-refractivity contribution in [3.63, 3.8) is 0 Å². The highest BCUT2D eigenvalue weighted by atomic mass is 16.1. The molecule has 0 atom stereocenters. The van der Waals surface area contributed by atoms with Gasteiger partial charge >= 0.3 is 0 Å². The van der Waals surface area contributed by atoms with Crippen LogP contribution in [0.25, 0.3) is 0 Å². The molecule has 2 aromatic heterocycles. The number of nitrogens with one attached hydrogen (secondary N) is 2. The Bertz CT molecular complexity index is 929. The lowest BCUT2D eigenvalue weighted by Crippen LogP contribution is -2.37. The Hall–Kier alpha value is -2.63. The molecule has 3 rings (SSSR count). The number of anilines is 1. The van der Waals surface area contributed by atoms with E-state index in [1.807, 2.05) is 33.0 Å². The number of hydrogen-bond acceptors (Lipinski definition) is 4. The van der Waals surface area contributed by atoms with Gasteiger partial charge in [-0.05, 0) is 57.7 Å². The summed E-state index contributed by atoms with van der Waals surface area (Å²) in [6.07, 6.45) is 9.72. The van der Waals surface area contributed by atoms with Gasteiger partial charge in [0.1, 0.15) is 0 Å². The molecule has 0 saturated heterocycles. The van der Waals surface area contributed by atoms with Crippen LogP contribution in [0.1, 0.15) is 71.8 Å². The number of carbonyl (C=O) groups is 1. The maximum Gasteiger partial charge on any atom is 0.253 e. The molecule has 2 aromatic rings. The maximum absolute atomic E-state index is 12.9. The van der Waals surface area contributed by atoms with Crippen molar-refractivity contribution in [1.82, 2.24) is 15.3 Å². The van der Waals surface area contributed by atoms with Gasteiger partial charge in [-0.2, -0.15) is 0 Å². The van der Waals surface area contributed by atoms with Crippen LogP contribution in [-0.2, 0) is 6.54 Å². The van der Waals surface area contributed by atoms with Crippen LogP contribution in [0.15, 0.2) is 23.3 Å². The Morgan fingerprint density at radius 1 is 1.21 bits per heavy atom. The van der Waals surface area contributed by atoms with Crippen LogP contribution in [0, 0.1) is 20.8 Å². The molecule has 6 nitrogen and oxygen atoms in total. The lowest BCUT2D eigenvalue weighted by molar-refractivity contribution is 0.0949. The number of aryl methyl sites for hydroxylation is 2. The molecule has 6 heteroatoms. The minimum Gasteiger partial charge on any atom is -0.367 e. The molecule has 0 aliphatic heterocycles. The third kappa shape index (κ3) is 4.69. The number of rotatable bonds is 6. The van der Waals surface area contributed by atoms with Crippen molar-refractivity contribution in [2.45, 2.75) is 72.4 Å². The highest BCUT2D eigenvalue weighted by Crippen LogP contribution is 2.30. The summed E-state index contributed by atoms with van der Waals surface area (Å²) >= 11 is 0. The Labute approximate surface area is 172 Å². The molecule has 0 bridgehead atoms. The first-order valence-electron chi connectivity index (χ1n) is 10.6. The van der Waals surface area contributed by atoms with E-state index in [1.165, 1.54) is 32.1 Å². The number of aromatic amines is 1. The van der Waals surface area contributed by atoms with Crippen molar-refractivity contribution < 1.29 is 4.79 Å². The van der Waals surface area contributed by atoms with Crippen molar-refractivity contribution in [2.75, 3.05) is 11.4 Å². The van der Waals surface area contributed by atoms with Crippen molar-refractivity contribution in [3.05, 3.63) is 56.8 Å². The average Bonchev–Trinajstić information content (AvgIpc) is 2.69. The van der Waals surface area contributed by atoms with E-state index in [4.69, 9.17) is 0 Å². The standard InChI is InChI=1S/C23H32N4O2/c1-5-27(18-9-7-6-8-10-18)21-14-24-12-20(17(21)4)22(28)25-13-19-15(2)11-16(3)26-23(19)29/h11-12,14,18H,5-10,13H2,1-4H3,(H,25,28)(H,26,29). The zero-order chi connectivity index (χ0) is 21.0. The predicted octanol–water partition coefficient (Wildman–Crippen LogP) is 3.78. The van der Waals surface area contributed by atoms with E-state index < -0.39 is 0 Å². The molecule has 2 N–H and O–H groups in total. The number of H-pyrrole nitrogens is 1. The first-order valence-corrected chi connectivity index (χ1v) is 10.6. The normalized spacial score (nSPS) is 14.6. The van der Waals surface area contributed by atoms with Crippen molar-refractivity contribution in [1.29, 1.82) is 0 Å². The molecule has 1 fully saturated rings. The fourth-order valence-electron chi connectivity index (χ4n) is 4.42. The van der Waals surface area contributed by atoms with Gasteiger partial charge in [-0.1, -0.05) is 19.3 Å². The molecule has 0 aromatic carbocycles. The van der Waals surface area contributed by atoms with Crippen LogP contribution in [0.5, 0.6) is 0 Å². The molecular weight excluding hydrogens is 364 g/mol. The summed E-state index contributed by atoms with van der Waals surface area (Å²) in [5.74, 6) is -0.198. The first kappa shape index (κ1) is 21.1. The number of pyridine rings is 2. The van der Waals surface area contributed by atoms with Crippen LogP contribution in [-0.4, -0.2) is 28.5 Å². The summed E-state index contributed by atoms with van der Waals surface area (Å²) in [6.45, 7) is 8.98. The van der Waals surface area contributed by atoms with E-state index in [2.05, 4.69) is 27.1 Å². The van der Waals surface area contributed by atoms with Crippen LogP contribution in [0.2, 0.25) is 0 Å². The lowest BCUT2D eigenvalue weighted by Gasteiger charge is -2.36. The third-order valence-electron chi connectivity index (χ3n) is 6.02. The maximum atomic E-state index is 12.9. The quantitative estimate of drug-likeness (QED) is 0.779. The molecule has 1 amide bonds. The van der Waals surface area contributed by atoms with Crippen LogP contribution < -0.4 is 15.8 Å². The van der Waals surface area contributed by atoms with Gasteiger partial charge in [0.05, 0.1) is 17.4 Å². The van der Waals surface area contributed by atoms with E-state index >= 15 is 0 Å². The van der Waals surface area contributed by atoms with Gasteiger partial charge in [0, 0.05) is 36.6 Å². The second-order valence-electron chi connectivity index (χ2n) is 8.03. The summed E-state index contributed by atoms with van der Waals surface area (Å²) in [5.41, 5.74) is 4.68. The molecule has 2 heterocycles. The second-order valence-corrected chi connectivity index (χ2v) is 8.03. The molecule has 1 saturated carbocycles. The topological polar surface area (TPSA) is 78.1 Å². The van der Waals surface area contributed by atoms with Gasteiger partial charge in [0.25, 0.3) is 11.5 Å². The average molecular weight is 397 g/mol. The number of amides is 1. The van der Waals surface area contributed by atoms with Crippen molar-refractivity contribution >= 4 is 11.6 Å². The SMILES string of the molecule is CCN(c1cncc(C(=O)NCc2c(C)cc(C)[nH]c2=O)c1C)C1CCCCC1. The fourth-order valence-corrected chi connectivity index (χ4v) is 4.42. The van der Waals surface area contributed by atoms with Crippen LogP contribution in [0.3, 0.4) is 0 Å². The van der Waals surface area contributed by atoms with Gasteiger partial charge in [0.2, 0.25) is 0 Å². The summed E-state index contributed by atoms with van der Waals surface area (Å²) in [6, 6.07) is 2.43. The molecule has 29 heavy (non-hydrogen) atoms. The lowest BCUT2D eigenvalue weighted by atomic mass is 9.93. The Balaban J connectivity index is 1.79. The highest BCUT2D eigenvalue weighted by Gasteiger charge is 2.23. The van der Waals surface area contributed by atoms with Crippen molar-refractivity contribution in [2.24, 2.45) is 0 Å². The van der Waals surface area contributed by atoms with E-state index in [0.717, 1.165) is 29.1 Å². The molecular formula is C23H32N4O2. The highest BCUT2D eigenvalue weighted by molar-refractivity contribution is 5.96. The molecule has 1 aliphatic rings. The fraction of sp³-hybridized carbons (Fsp3) is 0.522. The molecule has 0 spiro atoms. The molecule has 156 valence electrons. The zero-order valence-electron chi connectivity index (χ0n) is 18.0. The van der Waals surface area contributed by atoms with E-state index in [0.29, 0.717) is 17.2 Å². The molecule has 1 aliphatic carbocycles. The van der Waals surface area contributed by atoms with E-state index in [9.17, 15) is 9.59 Å². The van der Waals surface area contributed by atoms with Gasteiger partial charge in [-0.3, -0.25) is 14.6 Å². The second kappa shape index (κ2) is 9.25. The van der Waals surface area contributed by atoms with Gasteiger partial charge < -0.3 is 15.2 Å². The minimum absolute atomic E-state index is 0.152. The number of nitrogens with zero attached hydrogens (tertiary/aromatic N) is 2. The number of aromatic nitrogens is 2. The molecule has 0 radical (unpaired) electrons. The van der Waals surface area contributed by atoms with E-state index in [1.54, 1.807) is 6.20 Å². The summed E-state index contributed by atoms with van der Waals surface area (Å²) in [4.78, 5) is 34.6. The Morgan fingerprint density at radius 2 is 1.93 bits per heavy atom. The number of hydrogen-bond donors (Lipinski definition) is 2. The van der Waals surface area contributed by atoms with E-state index in [-0.39, 0.29) is 18.0 Å². The largest absolute Gasteiger partial charge is 0.367 e. The smallest absolute Gasteiger partial charge is 0.253 e. The number of carbonyl (C=O) groups excluding carboxylic acids is 1. The monoisotopic (exact) mass is 396 g/mol. The van der Waals surface area contributed by atoms with Crippen molar-refractivity contribution in [3.8, 4) is 0 Å². The minimum atomic E-state index is -0.198. The Kier molecular flexibility index (Phi) is 6.72. The zero-order valence-corrected chi connectivity index (χ0v) is 18.0. The summed E-state index contributed by atoms with van der Waals surface area (Å²) in [5, 5.41) is 2.90. The van der Waals surface area contributed by atoms with Gasteiger partial charge in [-0.15, -0.1) is 0 Å². The predicted molar refractivity (Wildman–Crippen MR) is 117 cm³/mol. The van der Waals surface area contributed by atoms with Crippen LogP contribution in [0.4, 0.5) is 5.69 Å². The summed E-state index contributed by atoms with van der Waals surface area (Å²) < 4.78 is 0.